The molecule has 168 valence electrons. The lowest BCUT2D eigenvalue weighted by atomic mass is 10.0. The average molecular weight is 426 g/mol. The Hall–Kier alpha value is -2.57. The Kier molecular flexibility index (Phi) is 8.32. The molecule has 0 spiro atoms. The van der Waals surface area contributed by atoms with Crippen molar-refractivity contribution in [2.75, 3.05) is 46.9 Å². The quantitative estimate of drug-likeness (QED) is 0.668. The number of rotatable bonds is 9. The molecule has 1 atom stereocenters. The number of carbonyl (C=O) groups excluding carboxylic acids is 1. The number of nitrogens with zero attached hydrogens (tertiary/aromatic N) is 2. The first kappa shape index (κ1) is 23.1. The first-order chi connectivity index (χ1) is 15.0. The summed E-state index contributed by atoms with van der Waals surface area (Å²) >= 11 is 0. The molecule has 6 nitrogen and oxygen atoms in total. The van der Waals surface area contributed by atoms with Gasteiger partial charge in [-0.2, -0.15) is 0 Å². The fraction of sp³-hybridized carbons (Fsp3) is 0.480. The Bertz CT molecular complexity index is 846. The molecule has 0 aliphatic carbocycles. The van der Waals surface area contributed by atoms with Crippen LogP contribution in [0.15, 0.2) is 42.5 Å². The highest BCUT2D eigenvalue weighted by molar-refractivity contribution is 5.78. The molecule has 1 heterocycles. The van der Waals surface area contributed by atoms with Gasteiger partial charge < -0.3 is 14.8 Å². The summed E-state index contributed by atoms with van der Waals surface area (Å²) in [4.78, 5) is 17.2. The molecular weight excluding hydrogens is 390 g/mol. The van der Waals surface area contributed by atoms with Gasteiger partial charge in [-0.3, -0.25) is 14.6 Å². The second-order valence-electron chi connectivity index (χ2n) is 8.13. The largest absolute Gasteiger partial charge is 0.493 e. The van der Waals surface area contributed by atoms with Crippen molar-refractivity contribution >= 4 is 5.91 Å². The van der Waals surface area contributed by atoms with Crippen molar-refractivity contribution in [3.05, 3.63) is 59.2 Å². The van der Waals surface area contributed by atoms with E-state index in [0.717, 1.165) is 56.2 Å². The van der Waals surface area contributed by atoms with Crippen LogP contribution in [-0.2, 0) is 17.8 Å². The number of methoxy groups -OCH3 is 2. The number of amides is 1. The van der Waals surface area contributed by atoms with Crippen LogP contribution in [-0.4, -0.2) is 62.7 Å². The van der Waals surface area contributed by atoms with Gasteiger partial charge >= 0.3 is 0 Å². The van der Waals surface area contributed by atoms with Gasteiger partial charge in [-0.15, -0.1) is 0 Å². The lowest BCUT2D eigenvalue weighted by molar-refractivity contribution is -0.123. The highest BCUT2D eigenvalue weighted by Gasteiger charge is 2.20. The summed E-state index contributed by atoms with van der Waals surface area (Å²) < 4.78 is 10.7. The third-order valence-corrected chi connectivity index (χ3v) is 5.95. The van der Waals surface area contributed by atoms with E-state index in [1.54, 1.807) is 14.2 Å². The second-order valence-corrected chi connectivity index (χ2v) is 8.13. The summed E-state index contributed by atoms with van der Waals surface area (Å²) in [5, 5.41) is 3.14. The van der Waals surface area contributed by atoms with Gasteiger partial charge in [-0.1, -0.05) is 37.3 Å². The standard InChI is InChI=1S/C25H35N3O3/c1-5-20-6-9-22(10-7-20)19(2)26-25(29)18-28-14-12-27(13-15-28)17-21-8-11-23(30-3)24(16-21)31-4/h6-11,16,19H,5,12-15,17-18H2,1-4H3,(H,26,29). The van der Waals surface area contributed by atoms with Crippen LogP contribution in [0.3, 0.4) is 0 Å². The molecule has 1 N–H and O–H groups in total. The Morgan fingerprint density at radius 3 is 2.16 bits per heavy atom. The third kappa shape index (κ3) is 6.45. The van der Waals surface area contributed by atoms with Gasteiger partial charge in [-0.05, 0) is 42.2 Å². The van der Waals surface area contributed by atoms with Crippen LogP contribution in [0.2, 0.25) is 0 Å². The number of aryl methyl sites for hydroxylation is 1. The van der Waals surface area contributed by atoms with Crippen LogP contribution < -0.4 is 14.8 Å². The molecule has 0 radical (unpaired) electrons. The summed E-state index contributed by atoms with van der Waals surface area (Å²) in [5.41, 5.74) is 3.66. The van der Waals surface area contributed by atoms with Crippen molar-refractivity contribution in [1.29, 1.82) is 0 Å². The minimum absolute atomic E-state index is 0.0183. The van der Waals surface area contributed by atoms with Crippen LogP contribution in [0.1, 0.15) is 36.6 Å². The molecule has 6 heteroatoms. The zero-order valence-corrected chi connectivity index (χ0v) is 19.2. The topological polar surface area (TPSA) is 54.0 Å². The van der Waals surface area contributed by atoms with Crippen molar-refractivity contribution < 1.29 is 14.3 Å². The Morgan fingerprint density at radius 2 is 1.55 bits per heavy atom. The molecule has 1 amide bonds. The zero-order chi connectivity index (χ0) is 22.2. The van der Waals surface area contributed by atoms with E-state index in [-0.39, 0.29) is 11.9 Å². The second kappa shape index (κ2) is 11.2. The summed E-state index contributed by atoms with van der Waals surface area (Å²) in [6.07, 6.45) is 1.03. The number of hydrogen-bond acceptors (Lipinski definition) is 5. The number of benzene rings is 2. The molecule has 1 saturated heterocycles. The summed E-state index contributed by atoms with van der Waals surface area (Å²) in [6.45, 7) is 9.16. The molecular formula is C25H35N3O3. The summed E-state index contributed by atoms with van der Waals surface area (Å²) in [5.74, 6) is 1.59. The number of hydrogen-bond donors (Lipinski definition) is 1. The van der Waals surface area contributed by atoms with Crippen molar-refractivity contribution in [2.45, 2.75) is 32.9 Å². The number of piperazine rings is 1. The van der Waals surface area contributed by atoms with E-state index < -0.39 is 0 Å². The predicted octanol–water partition coefficient (Wildman–Crippen LogP) is 3.26. The van der Waals surface area contributed by atoms with Crippen molar-refractivity contribution in [2.24, 2.45) is 0 Å². The van der Waals surface area contributed by atoms with Gasteiger partial charge in [0, 0.05) is 32.7 Å². The number of carbonyl (C=O) groups is 1. The van der Waals surface area contributed by atoms with E-state index in [4.69, 9.17) is 9.47 Å². The molecule has 3 rings (SSSR count). The van der Waals surface area contributed by atoms with E-state index in [1.165, 1.54) is 11.1 Å². The first-order valence-corrected chi connectivity index (χ1v) is 11.1. The fourth-order valence-corrected chi connectivity index (χ4v) is 3.96. The maximum Gasteiger partial charge on any atom is 0.234 e. The molecule has 1 aliphatic heterocycles. The maximum atomic E-state index is 12.5. The van der Waals surface area contributed by atoms with E-state index in [9.17, 15) is 4.79 Å². The van der Waals surface area contributed by atoms with E-state index in [0.29, 0.717) is 6.54 Å². The zero-order valence-electron chi connectivity index (χ0n) is 19.2. The molecule has 2 aromatic carbocycles. The number of nitrogens with one attached hydrogen (secondary N) is 1. The van der Waals surface area contributed by atoms with Gasteiger partial charge in [0.2, 0.25) is 5.91 Å². The Balaban J connectivity index is 1.43. The fourth-order valence-electron chi connectivity index (χ4n) is 3.96. The van der Waals surface area contributed by atoms with Gasteiger partial charge in [0.15, 0.2) is 11.5 Å². The van der Waals surface area contributed by atoms with Gasteiger partial charge in [0.25, 0.3) is 0 Å². The van der Waals surface area contributed by atoms with E-state index in [1.807, 2.05) is 19.1 Å². The van der Waals surface area contributed by atoms with Gasteiger partial charge in [0.05, 0.1) is 26.8 Å². The van der Waals surface area contributed by atoms with Crippen LogP contribution in [0.4, 0.5) is 0 Å². The lowest BCUT2D eigenvalue weighted by Crippen LogP contribution is -2.49. The molecule has 0 saturated carbocycles. The molecule has 1 unspecified atom stereocenters. The SMILES string of the molecule is CCc1ccc(C(C)NC(=O)CN2CCN(Cc3ccc(OC)c(OC)c3)CC2)cc1. The highest BCUT2D eigenvalue weighted by atomic mass is 16.5. The third-order valence-electron chi connectivity index (χ3n) is 5.95. The predicted molar refractivity (Wildman–Crippen MR) is 124 cm³/mol. The van der Waals surface area contributed by atoms with Crippen molar-refractivity contribution in [3.8, 4) is 11.5 Å². The number of ether oxygens (including phenoxy) is 2. The van der Waals surface area contributed by atoms with Crippen LogP contribution in [0.5, 0.6) is 11.5 Å². The molecule has 31 heavy (non-hydrogen) atoms. The molecule has 0 aromatic heterocycles. The van der Waals surface area contributed by atoms with Crippen LogP contribution >= 0.6 is 0 Å². The molecule has 1 aliphatic rings. The average Bonchev–Trinajstić information content (AvgIpc) is 2.80. The Labute approximate surface area is 186 Å². The van der Waals surface area contributed by atoms with Gasteiger partial charge in [0.1, 0.15) is 0 Å². The molecule has 0 bridgehead atoms. The monoisotopic (exact) mass is 425 g/mol. The van der Waals surface area contributed by atoms with Crippen LogP contribution in [0, 0.1) is 0 Å². The van der Waals surface area contributed by atoms with E-state index >= 15 is 0 Å². The molecule has 1 fully saturated rings. The smallest absolute Gasteiger partial charge is 0.234 e. The van der Waals surface area contributed by atoms with E-state index in [2.05, 4.69) is 52.4 Å². The Morgan fingerprint density at radius 1 is 0.935 bits per heavy atom. The van der Waals surface area contributed by atoms with Crippen LogP contribution in [0.25, 0.3) is 0 Å². The summed E-state index contributed by atoms with van der Waals surface area (Å²) in [7, 11) is 3.31. The minimum Gasteiger partial charge on any atom is -0.493 e. The van der Waals surface area contributed by atoms with Crippen molar-refractivity contribution in [3.63, 3.8) is 0 Å². The maximum absolute atomic E-state index is 12.5. The first-order valence-electron chi connectivity index (χ1n) is 11.1. The lowest BCUT2D eigenvalue weighted by Gasteiger charge is -2.34. The van der Waals surface area contributed by atoms with Gasteiger partial charge in [-0.25, -0.2) is 0 Å². The highest BCUT2D eigenvalue weighted by Crippen LogP contribution is 2.28. The van der Waals surface area contributed by atoms with Crippen molar-refractivity contribution in [1.82, 2.24) is 15.1 Å². The normalized spacial score (nSPS) is 16.0. The summed E-state index contributed by atoms with van der Waals surface area (Å²) in [6, 6.07) is 14.6. The minimum atomic E-state index is 0.0183. The molecule has 2 aromatic rings.